The van der Waals surface area contributed by atoms with Crippen molar-refractivity contribution in [1.82, 2.24) is 9.78 Å². The van der Waals surface area contributed by atoms with E-state index in [0.717, 1.165) is 20.3 Å². The summed E-state index contributed by atoms with van der Waals surface area (Å²) in [7, 11) is 1.58. The Morgan fingerprint density at radius 2 is 2.00 bits per heavy atom. The molecule has 3 aromatic rings. The quantitative estimate of drug-likeness (QED) is 0.674. The van der Waals surface area contributed by atoms with Crippen LogP contribution >= 0.6 is 15.9 Å². The van der Waals surface area contributed by atoms with Crippen LogP contribution < -0.4 is 15.6 Å². The molecule has 3 rings (SSSR count). The Balaban J connectivity index is 1.80. The smallest absolute Gasteiger partial charge is 0.267 e. The van der Waals surface area contributed by atoms with E-state index in [4.69, 9.17) is 4.74 Å². The molecule has 0 unspecified atom stereocenters. The van der Waals surface area contributed by atoms with Gasteiger partial charge in [0.2, 0.25) is 5.91 Å². The highest BCUT2D eigenvalue weighted by atomic mass is 79.9. The highest BCUT2D eigenvalue weighted by Gasteiger charge is 2.09. The van der Waals surface area contributed by atoms with E-state index in [-0.39, 0.29) is 18.0 Å². The number of aromatic nitrogens is 2. The molecule has 0 radical (unpaired) electrons. The van der Waals surface area contributed by atoms with E-state index in [1.165, 1.54) is 6.07 Å². The summed E-state index contributed by atoms with van der Waals surface area (Å²) >= 11 is 3.42. The third kappa shape index (κ3) is 4.62. The molecule has 0 aliphatic carbocycles. The summed E-state index contributed by atoms with van der Waals surface area (Å²) in [5.74, 6) is 0.365. The first-order valence-corrected chi connectivity index (χ1v) is 9.04. The summed E-state index contributed by atoms with van der Waals surface area (Å²) in [4.78, 5) is 24.4. The van der Waals surface area contributed by atoms with Crippen LogP contribution in [0, 0.1) is 6.92 Å². The number of methoxy groups -OCH3 is 1. The van der Waals surface area contributed by atoms with Crippen LogP contribution in [0.5, 0.6) is 5.75 Å². The number of aryl methyl sites for hydroxylation is 1. The minimum absolute atomic E-state index is 0.175. The van der Waals surface area contributed by atoms with Gasteiger partial charge in [-0.15, -0.1) is 0 Å². The fourth-order valence-corrected chi connectivity index (χ4v) is 2.80. The third-order valence-corrected chi connectivity index (χ3v) is 4.86. The van der Waals surface area contributed by atoms with Gasteiger partial charge in [0.25, 0.3) is 5.56 Å². The van der Waals surface area contributed by atoms with E-state index in [1.807, 2.05) is 43.3 Å². The fraction of sp³-hybridized carbons (Fsp3) is 0.150. The van der Waals surface area contributed by atoms with Crippen molar-refractivity contribution in [1.29, 1.82) is 0 Å². The first-order valence-electron chi connectivity index (χ1n) is 8.25. The maximum absolute atomic E-state index is 12.3. The Morgan fingerprint density at radius 3 is 2.74 bits per heavy atom. The molecule has 7 heteroatoms. The largest absolute Gasteiger partial charge is 0.497 e. The van der Waals surface area contributed by atoms with Gasteiger partial charge in [-0.05, 0) is 48.9 Å². The Labute approximate surface area is 164 Å². The number of ether oxygens (including phenoxy) is 1. The summed E-state index contributed by atoms with van der Waals surface area (Å²) in [5, 5.41) is 7.10. The second kappa shape index (κ2) is 8.18. The second-order valence-electron chi connectivity index (χ2n) is 5.96. The molecule has 6 nitrogen and oxygen atoms in total. The zero-order valence-electron chi connectivity index (χ0n) is 14.9. The van der Waals surface area contributed by atoms with E-state index < -0.39 is 0 Å². The number of carbonyl (C=O) groups is 1. The zero-order valence-corrected chi connectivity index (χ0v) is 16.5. The van der Waals surface area contributed by atoms with Gasteiger partial charge in [0.15, 0.2) is 0 Å². The number of hydrogen-bond donors (Lipinski definition) is 1. The second-order valence-corrected chi connectivity index (χ2v) is 6.81. The lowest BCUT2D eigenvalue weighted by molar-refractivity contribution is -0.117. The Kier molecular flexibility index (Phi) is 5.71. The maximum atomic E-state index is 12.3. The first kappa shape index (κ1) is 18.8. The highest BCUT2D eigenvalue weighted by Crippen LogP contribution is 2.21. The molecule has 0 saturated carbocycles. The summed E-state index contributed by atoms with van der Waals surface area (Å²) in [5.41, 5.74) is 2.71. The molecule has 0 aliphatic heterocycles. The molecule has 0 spiro atoms. The van der Waals surface area contributed by atoms with E-state index in [0.29, 0.717) is 17.1 Å². The predicted octanol–water partition coefficient (Wildman–Crippen LogP) is 3.63. The normalized spacial score (nSPS) is 10.5. The van der Waals surface area contributed by atoms with Gasteiger partial charge >= 0.3 is 0 Å². The minimum atomic E-state index is -0.344. The monoisotopic (exact) mass is 427 g/mol. The van der Waals surface area contributed by atoms with Crippen molar-refractivity contribution in [3.63, 3.8) is 0 Å². The van der Waals surface area contributed by atoms with Crippen molar-refractivity contribution in [2.24, 2.45) is 0 Å². The van der Waals surface area contributed by atoms with Gasteiger partial charge in [0.1, 0.15) is 12.3 Å². The van der Waals surface area contributed by atoms with E-state index in [2.05, 4.69) is 26.3 Å². The van der Waals surface area contributed by atoms with Crippen LogP contribution in [0.4, 0.5) is 5.69 Å². The number of anilines is 1. The lowest BCUT2D eigenvalue weighted by Gasteiger charge is -2.10. The summed E-state index contributed by atoms with van der Waals surface area (Å²) in [6, 6.07) is 15.9. The number of nitrogens with one attached hydrogen (secondary N) is 1. The highest BCUT2D eigenvalue weighted by molar-refractivity contribution is 9.10. The molecule has 1 aromatic heterocycles. The molecular weight excluding hydrogens is 410 g/mol. The fourth-order valence-electron chi connectivity index (χ4n) is 2.56. The van der Waals surface area contributed by atoms with E-state index >= 15 is 0 Å². The van der Waals surface area contributed by atoms with Crippen molar-refractivity contribution in [2.45, 2.75) is 13.5 Å². The van der Waals surface area contributed by atoms with E-state index in [1.54, 1.807) is 19.2 Å². The molecule has 0 atom stereocenters. The van der Waals surface area contributed by atoms with Crippen molar-refractivity contribution < 1.29 is 9.53 Å². The predicted molar refractivity (Wildman–Crippen MR) is 108 cm³/mol. The average Bonchev–Trinajstić information content (AvgIpc) is 2.66. The molecule has 2 aromatic carbocycles. The average molecular weight is 428 g/mol. The van der Waals surface area contributed by atoms with Gasteiger partial charge in [-0.1, -0.05) is 28.1 Å². The number of carbonyl (C=O) groups excluding carboxylic acids is 1. The van der Waals surface area contributed by atoms with Crippen LogP contribution in [-0.2, 0) is 11.3 Å². The van der Waals surface area contributed by atoms with Crippen LogP contribution in [0.1, 0.15) is 5.56 Å². The number of nitrogens with zero attached hydrogens (tertiary/aromatic N) is 2. The molecule has 0 bridgehead atoms. The topological polar surface area (TPSA) is 73.2 Å². The number of amides is 1. The van der Waals surface area contributed by atoms with Gasteiger partial charge in [-0.25, -0.2) is 4.68 Å². The number of rotatable bonds is 5. The SMILES string of the molecule is COc1cccc(-c2ccc(=O)n(CC(=O)Nc3ccc(Br)c(C)c3)n2)c1. The standard InChI is InChI=1S/C20H18BrN3O3/c1-13-10-15(6-7-17(13)21)22-19(25)12-24-20(26)9-8-18(23-24)14-4-3-5-16(11-14)27-2/h3-11H,12H2,1-2H3,(H,22,25). The summed E-state index contributed by atoms with van der Waals surface area (Å²) in [6.45, 7) is 1.76. The van der Waals surface area contributed by atoms with Crippen LogP contribution in [0.3, 0.4) is 0 Å². The number of halogens is 1. The van der Waals surface area contributed by atoms with Crippen LogP contribution in [0.15, 0.2) is 63.9 Å². The first-order chi connectivity index (χ1) is 13.0. The third-order valence-electron chi connectivity index (χ3n) is 3.97. The number of hydrogen-bond acceptors (Lipinski definition) is 4. The molecular formula is C20H18BrN3O3. The Bertz CT molecular complexity index is 1050. The molecule has 0 saturated heterocycles. The number of benzene rings is 2. The lowest BCUT2D eigenvalue weighted by Crippen LogP contribution is -2.29. The lowest BCUT2D eigenvalue weighted by atomic mass is 10.1. The van der Waals surface area contributed by atoms with Gasteiger partial charge in [-0.2, -0.15) is 5.10 Å². The van der Waals surface area contributed by atoms with Gasteiger partial charge < -0.3 is 10.1 Å². The van der Waals surface area contributed by atoms with Crippen LogP contribution in [0.25, 0.3) is 11.3 Å². The van der Waals surface area contributed by atoms with Crippen molar-refractivity contribution in [3.8, 4) is 17.0 Å². The van der Waals surface area contributed by atoms with Gasteiger partial charge in [0, 0.05) is 21.8 Å². The molecule has 138 valence electrons. The molecule has 1 amide bonds. The molecule has 1 heterocycles. The Morgan fingerprint density at radius 1 is 1.19 bits per heavy atom. The maximum Gasteiger partial charge on any atom is 0.267 e. The van der Waals surface area contributed by atoms with Gasteiger partial charge in [0.05, 0.1) is 12.8 Å². The molecule has 0 aliphatic rings. The van der Waals surface area contributed by atoms with Gasteiger partial charge in [-0.3, -0.25) is 9.59 Å². The Hall–Kier alpha value is -2.93. The molecule has 0 fully saturated rings. The van der Waals surface area contributed by atoms with Crippen LogP contribution in [0.2, 0.25) is 0 Å². The minimum Gasteiger partial charge on any atom is -0.497 e. The molecule has 1 N–H and O–H groups in total. The van der Waals surface area contributed by atoms with E-state index in [9.17, 15) is 9.59 Å². The summed E-state index contributed by atoms with van der Waals surface area (Å²) in [6.07, 6.45) is 0. The van der Waals surface area contributed by atoms with Crippen molar-refractivity contribution >= 4 is 27.5 Å². The summed E-state index contributed by atoms with van der Waals surface area (Å²) < 4.78 is 7.33. The van der Waals surface area contributed by atoms with Crippen molar-refractivity contribution in [2.75, 3.05) is 12.4 Å². The zero-order chi connectivity index (χ0) is 19.4. The van der Waals surface area contributed by atoms with Crippen molar-refractivity contribution in [3.05, 3.63) is 75.0 Å². The van der Waals surface area contributed by atoms with Crippen LogP contribution in [-0.4, -0.2) is 22.8 Å². The molecule has 27 heavy (non-hydrogen) atoms.